The fourth-order valence-corrected chi connectivity index (χ4v) is 1.41. The van der Waals surface area contributed by atoms with Gasteiger partial charge in [-0.3, -0.25) is 0 Å². The molecule has 0 aromatic carbocycles. The molecule has 0 N–H and O–H groups in total. The smallest absolute Gasteiger partial charge is 0.396 e. The van der Waals surface area contributed by atoms with Crippen molar-refractivity contribution in [2.24, 2.45) is 0 Å². The summed E-state index contributed by atoms with van der Waals surface area (Å²) in [4.78, 5) is 11.2. The molecule has 2 rings (SSSR count). The first-order chi connectivity index (χ1) is 7.31. The highest BCUT2D eigenvalue weighted by Crippen LogP contribution is 2.27. The second-order valence-corrected chi connectivity index (χ2v) is 3.17. The maximum atomic E-state index is 11.2. The number of carbonyl (C=O) groups is 1. The van der Waals surface area contributed by atoms with Gasteiger partial charge in [-0.05, 0) is 19.8 Å². The highest BCUT2D eigenvalue weighted by molar-refractivity contribution is 5.83. The predicted molar refractivity (Wildman–Crippen MR) is 48.2 cm³/mol. The van der Waals surface area contributed by atoms with Crippen molar-refractivity contribution < 1.29 is 18.7 Å². The molecule has 0 radical (unpaired) electrons. The van der Waals surface area contributed by atoms with Crippen LogP contribution in [0.4, 0.5) is 0 Å². The molecule has 1 fully saturated rings. The Kier molecular flexibility index (Phi) is 2.96. The Balaban J connectivity index is 2.06. The van der Waals surface area contributed by atoms with Crippen LogP contribution in [0.2, 0.25) is 0 Å². The largest absolute Gasteiger partial charge is 0.459 e. The third kappa shape index (κ3) is 2.15. The predicted octanol–water partition coefficient (Wildman–Crippen LogP) is 1.10. The summed E-state index contributed by atoms with van der Waals surface area (Å²) in [7, 11) is 0. The third-order valence-electron chi connectivity index (χ3n) is 2.10. The lowest BCUT2D eigenvalue weighted by molar-refractivity contribution is 0.0463. The summed E-state index contributed by atoms with van der Waals surface area (Å²) in [6.45, 7) is 2.70. The molecule has 15 heavy (non-hydrogen) atoms. The Morgan fingerprint density at radius 2 is 2.47 bits per heavy atom. The van der Waals surface area contributed by atoms with Crippen LogP contribution < -0.4 is 0 Å². The average molecular weight is 212 g/mol. The number of ether oxygens (including phenoxy) is 2. The Labute approximate surface area is 86.6 Å². The first-order valence-corrected chi connectivity index (χ1v) is 4.93. The lowest BCUT2D eigenvalue weighted by Gasteiger charge is -2.01. The van der Waals surface area contributed by atoms with E-state index in [2.05, 4.69) is 10.2 Å². The number of hydrogen-bond donors (Lipinski definition) is 0. The molecule has 1 aliphatic heterocycles. The Hall–Kier alpha value is -1.43. The lowest BCUT2D eigenvalue weighted by atomic mass is 10.2. The first kappa shape index (κ1) is 10.1. The monoisotopic (exact) mass is 212 g/mol. The number of nitrogens with zero attached hydrogens (tertiary/aromatic N) is 2. The number of hydrogen-bond acceptors (Lipinski definition) is 6. The molecule has 1 saturated heterocycles. The zero-order valence-electron chi connectivity index (χ0n) is 8.43. The minimum atomic E-state index is -0.589. The zero-order chi connectivity index (χ0) is 10.7. The van der Waals surface area contributed by atoms with Crippen LogP contribution >= 0.6 is 0 Å². The summed E-state index contributed by atoms with van der Waals surface area (Å²) >= 11 is 0. The van der Waals surface area contributed by atoms with Crippen molar-refractivity contribution >= 4 is 5.97 Å². The average Bonchev–Trinajstić information content (AvgIpc) is 2.89. The summed E-state index contributed by atoms with van der Waals surface area (Å²) < 4.78 is 15.2. The summed E-state index contributed by atoms with van der Waals surface area (Å²) in [6.07, 6.45) is 1.66. The van der Waals surface area contributed by atoms with Gasteiger partial charge < -0.3 is 13.9 Å². The van der Waals surface area contributed by atoms with E-state index < -0.39 is 5.97 Å². The summed E-state index contributed by atoms with van der Waals surface area (Å²) in [5, 5.41) is 7.37. The Bertz CT molecular complexity index is 344. The van der Waals surface area contributed by atoms with Gasteiger partial charge in [0.2, 0.25) is 5.89 Å². The van der Waals surface area contributed by atoms with Gasteiger partial charge in [-0.25, -0.2) is 4.79 Å². The molecular formula is C9H12N2O4. The van der Waals surface area contributed by atoms with Gasteiger partial charge in [-0.1, -0.05) is 0 Å². The van der Waals surface area contributed by atoms with Gasteiger partial charge >= 0.3 is 11.9 Å². The quantitative estimate of drug-likeness (QED) is 0.698. The molecule has 6 heteroatoms. The van der Waals surface area contributed by atoms with Gasteiger partial charge in [0, 0.05) is 6.61 Å². The molecular weight excluding hydrogens is 200 g/mol. The topological polar surface area (TPSA) is 74.5 Å². The van der Waals surface area contributed by atoms with E-state index in [9.17, 15) is 4.79 Å². The van der Waals surface area contributed by atoms with Crippen molar-refractivity contribution in [1.29, 1.82) is 0 Å². The van der Waals surface area contributed by atoms with Gasteiger partial charge in [-0.2, -0.15) is 0 Å². The number of esters is 1. The van der Waals surface area contributed by atoms with Crippen molar-refractivity contribution in [1.82, 2.24) is 10.2 Å². The van der Waals surface area contributed by atoms with Crippen molar-refractivity contribution in [2.75, 3.05) is 13.2 Å². The van der Waals surface area contributed by atoms with Crippen LogP contribution in [-0.2, 0) is 9.47 Å². The summed E-state index contributed by atoms with van der Waals surface area (Å²) in [5.74, 6) is -0.341. The standard InChI is InChI=1S/C9H12N2O4/c1-2-13-9(12)8-11-10-7(15-8)6-4-3-5-14-6/h6H,2-5H2,1H3. The van der Waals surface area contributed by atoms with Crippen LogP contribution in [0.3, 0.4) is 0 Å². The molecule has 1 unspecified atom stereocenters. The van der Waals surface area contributed by atoms with E-state index in [1.165, 1.54) is 0 Å². The molecule has 1 aliphatic rings. The van der Waals surface area contributed by atoms with Gasteiger partial charge in [0.05, 0.1) is 6.61 Å². The van der Waals surface area contributed by atoms with Crippen LogP contribution in [-0.4, -0.2) is 29.4 Å². The van der Waals surface area contributed by atoms with Crippen molar-refractivity contribution in [3.63, 3.8) is 0 Å². The molecule has 82 valence electrons. The first-order valence-electron chi connectivity index (χ1n) is 4.93. The van der Waals surface area contributed by atoms with Crippen molar-refractivity contribution in [3.8, 4) is 0 Å². The van der Waals surface area contributed by atoms with Crippen molar-refractivity contribution in [2.45, 2.75) is 25.9 Å². The summed E-state index contributed by atoms with van der Waals surface area (Å²) in [5.41, 5.74) is 0. The van der Waals surface area contributed by atoms with E-state index in [4.69, 9.17) is 13.9 Å². The van der Waals surface area contributed by atoms with E-state index in [1.807, 2.05) is 0 Å². The van der Waals surface area contributed by atoms with Crippen LogP contribution in [0.1, 0.15) is 42.4 Å². The van der Waals surface area contributed by atoms with E-state index in [0.29, 0.717) is 12.5 Å². The second-order valence-electron chi connectivity index (χ2n) is 3.17. The minimum Gasteiger partial charge on any atom is -0.459 e. The van der Waals surface area contributed by atoms with Gasteiger partial charge in [0.1, 0.15) is 6.10 Å². The van der Waals surface area contributed by atoms with Gasteiger partial charge in [-0.15, -0.1) is 10.2 Å². The highest BCUT2D eigenvalue weighted by atomic mass is 16.6. The summed E-state index contributed by atoms with van der Waals surface area (Å²) in [6, 6.07) is 0. The molecule has 6 nitrogen and oxygen atoms in total. The maximum Gasteiger partial charge on any atom is 0.396 e. The Morgan fingerprint density at radius 1 is 1.60 bits per heavy atom. The SMILES string of the molecule is CCOC(=O)c1nnc(C2CCCO2)o1. The molecule has 2 heterocycles. The molecule has 0 bridgehead atoms. The van der Waals surface area contributed by atoms with E-state index >= 15 is 0 Å². The van der Waals surface area contributed by atoms with Crippen LogP contribution in [0.15, 0.2) is 4.42 Å². The highest BCUT2D eigenvalue weighted by Gasteiger charge is 2.25. The second kappa shape index (κ2) is 4.39. The number of rotatable bonds is 3. The molecule has 0 amide bonds. The van der Waals surface area contributed by atoms with E-state index in [1.54, 1.807) is 6.92 Å². The zero-order valence-corrected chi connectivity index (χ0v) is 8.43. The van der Waals surface area contributed by atoms with Gasteiger partial charge in [0.25, 0.3) is 0 Å². The molecule has 1 atom stereocenters. The van der Waals surface area contributed by atoms with Gasteiger partial charge in [0.15, 0.2) is 0 Å². The van der Waals surface area contributed by atoms with Crippen LogP contribution in [0, 0.1) is 0 Å². The fourth-order valence-electron chi connectivity index (χ4n) is 1.41. The minimum absolute atomic E-state index is 0.109. The van der Waals surface area contributed by atoms with E-state index in [0.717, 1.165) is 12.8 Å². The number of aromatic nitrogens is 2. The molecule has 1 aromatic heterocycles. The third-order valence-corrected chi connectivity index (χ3v) is 2.10. The van der Waals surface area contributed by atoms with Crippen molar-refractivity contribution in [3.05, 3.63) is 11.8 Å². The normalized spacial score (nSPS) is 20.5. The molecule has 1 aromatic rings. The molecule has 0 spiro atoms. The molecule has 0 aliphatic carbocycles. The van der Waals surface area contributed by atoms with E-state index in [-0.39, 0.29) is 18.6 Å². The fraction of sp³-hybridized carbons (Fsp3) is 0.667. The van der Waals surface area contributed by atoms with Crippen LogP contribution in [0.5, 0.6) is 0 Å². The maximum absolute atomic E-state index is 11.2. The lowest BCUT2D eigenvalue weighted by Crippen LogP contribution is -2.04. The molecule has 0 saturated carbocycles. The Morgan fingerprint density at radius 3 is 3.13 bits per heavy atom. The van der Waals surface area contributed by atoms with Crippen LogP contribution in [0.25, 0.3) is 0 Å². The number of carbonyl (C=O) groups excluding carboxylic acids is 1.